The maximum atomic E-state index is 2.41. The van der Waals surface area contributed by atoms with Crippen molar-refractivity contribution in [3.05, 3.63) is 200 Å². The van der Waals surface area contributed by atoms with Gasteiger partial charge in [0.05, 0.1) is 5.69 Å². The molecule has 0 aliphatic rings. The Hall–Kier alpha value is -6.44. The Labute approximate surface area is 287 Å². The first-order valence-electron chi connectivity index (χ1n) is 16.9. The second-order valence-electron chi connectivity index (χ2n) is 12.5. The second kappa shape index (κ2) is 12.3. The van der Waals surface area contributed by atoms with E-state index in [1.54, 1.807) is 0 Å². The summed E-state index contributed by atoms with van der Waals surface area (Å²) in [6, 6.07) is 72.4. The molecule has 0 heterocycles. The molecule has 0 fully saturated rings. The van der Waals surface area contributed by atoms with Crippen molar-refractivity contribution < 1.29 is 0 Å². The maximum absolute atomic E-state index is 2.41. The van der Waals surface area contributed by atoms with Gasteiger partial charge in [0.15, 0.2) is 0 Å². The lowest BCUT2D eigenvalue weighted by atomic mass is 9.93. The Morgan fingerprint density at radius 1 is 0.265 bits per heavy atom. The number of fused-ring (bicyclic) bond motifs is 4. The lowest BCUT2D eigenvalue weighted by Gasteiger charge is -2.29. The van der Waals surface area contributed by atoms with E-state index in [0.717, 1.165) is 17.1 Å². The van der Waals surface area contributed by atoms with E-state index in [2.05, 4.69) is 205 Å². The first-order valence-corrected chi connectivity index (χ1v) is 16.9. The number of hydrogen-bond donors (Lipinski definition) is 0. The summed E-state index contributed by atoms with van der Waals surface area (Å²) in [5, 5.41) is 7.57. The van der Waals surface area contributed by atoms with Crippen molar-refractivity contribution in [2.75, 3.05) is 4.90 Å². The van der Waals surface area contributed by atoms with Gasteiger partial charge in [0, 0.05) is 16.9 Å². The Balaban J connectivity index is 1.23. The summed E-state index contributed by atoms with van der Waals surface area (Å²) in [6.45, 7) is 0. The second-order valence-corrected chi connectivity index (χ2v) is 12.5. The standard InChI is InChI=1S/C48H33N/c1-2-14-34(15-3-1)37-19-12-20-40(32-37)49(48-27-11-10-25-46(48)44-26-13-18-35-16-4-6-21-41(35)44)39-30-28-36(29-31-39)47-33-38-17-5-7-22-42(38)43-23-8-9-24-45(43)47/h1-33H. The molecular formula is C48H33N. The van der Waals surface area contributed by atoms with Gasteiger partial charge in [-0.25, -0.2) is 0 Å². The third-order valence-electron chi connectivity index (χ3n) is 9.64. The van der Waals surface area contributed by atoms with Crippen molar-refractivity contribution in [3.63, 3.8) is 0 Å². The molecule has 1 nitrogen and oxygen atoms in total. The highest BCUT2D eigenvalue weighted by Crippen LogP contribution is 2.44. The third kappa shape index (κ3) is 5.23. The van der Waals surface area contributed by atoms with E-state index >= 15 is 0 Å². The van der Waals surface area contributed by atoms with Crippen molar-refractivity contribution in [1.29, 1.82) is 0 Å². The molecule has 0 aromatic heterocycles. The zero-order valence-electron chi connectivity index (χ0n) is 27.0. The van der Waals surface area contributed by atoms with Crippen LogP contribution in [-0.2, 0) is 0 Å². The lowest BCUT2D eigenvalue weighted by molar-refractivity contribution is 1.28. The van der Waals surface area contributed by atoms with Crippen LogP contribution in [0, 0.1) is 0 Å². The van der Waals surface area contributed by atoms with E-state index in [9.17, 15) is 0 Å². The fourth-order valence-electron chi connectivity index (χ4n) is 7.32. The van der Waals surface area contributed by atoms with Gasteiger partial charge < -0.3 is 4.90 Å². The van der Waals surface area contributed by atoms with Crippen molar-refractivity contribution in [2.24, 2.45) is 0 Å². The smallest absolute Gasteiger partial charge is 0.0540 e. The van der Waals surface area contributed by atoms with Crippen LogP contribution in [-0.4, -0.2) is 0 Å². The van der Waals surface area contributed by atoms with Gasteiger partial charge >= 0.3 is 0 Å². The number of hydrogen-bond acceptors (Lipinski definition) is 1. The van der Waals surface area contributed by atoms with Crippen LogP contribution in [0.25, 0.3) is 65.7 Å². The summed E-state index contributed by atoms with van der Waals surface area (Å²) in [5.74, 6) is 0. The first kappa shape index (κ1) is 28.8. The molecule has 1 heteroatoms. The monoisotopic (exact) mass is 623 g/mol. The molecule has 0 spiro atoms. The zero-order valence-corrected chi connectivity index (χ0v) is 27.0. The van der Waals surface area contributed by atoms with Crippen LogP contribution < -0.4 is 4.90 Å². The minimum Gasteiger partial charge on any atom is -0.310 e. The predicted molar refractivity (Wildman–Crippen MR) is 210 cm³/mol. The van der Waals surface area contributed by atoms with Crippen LogP contribution in [0.5, 0.6) is 0 Å². The molecule has 0 aliphatic heterocycles. The predicted octanol–water partition coefficient (Wildman–Crippen LogP) is 13.6. The Morgan fingerprint density at radius 2 is 0.857 bits per heavy atom. The van der Waals surface area contributed by atoms with E-state index in [1.807, 2.05) is 0 Å². The van der Waals surface area contributed by atoms with Gasteiger partial charge in [-0.15, -0.1) is 0 Å². The van der Waals surface area contributed by atoms with Crippen LogP contribution in [0.2, 0.25) is 0 Å². The molecule has 9 aromatic rings. The highest BCUT2D eigenvalue weighted by Gasteiger charge is 2.19. The SMILES string of the molecule is c1ccc(-c2cccc(N(c3ccc(-c4cc5ccccc5c5ccccc45)cc3)c3ccccc3-c3cccc4ccccc34)c2)cc1. The molecule has 0 radical (unpaired) electrons. The highest BCUT2D eigenvalue weighted by atomic mass is 15.1. The van der Waals surface area contributed by atoms with Gasteiger partial charge in [-0.2, -0.15) is 0 Å². The molecule has 0 N–H and O–H groups in total. The molecule has 0 aliphatic carbocycles. The van der Waals surface area contributed by atoms with Gasteiger partial charge in [-0.05, 0) is 96.5 Å². The van der Waals surface area contributed by atoms with E-state index in [1.165, 1.54) is 65.7 Å². The average Bonchev–Trinajstić information content (AvgIpc) is 3.18. The van der Waals surface area contributed by atoms with Crippen molar-refractivity contribution >= 4 is 49.4 Å². The van der Waals surface area contributed by atoms with E-state index < -0.39 is 0 Å². The van der Waals surface area contributed by atoms with Crippen molar-refractivity contribution in [2.45, 2.75) is 0 Å². The van der Waals surface area contributed by atoms with Crippen LogP contribution in [0.15, 0.2) is 200 Å². The topological polar surface area (TPSA) is 3.24 Å². The molecule has 9 aromatic carbocycles. The van der Waals surface area contributed by atoms with Crippen LogP contribution >= 0.6 is 0 Å². The third-order valence-corrected chi connectivity index (χ3v) is 9.64. The zero-order chi connectivity index (χ0) is 32.6. The highest BCUT2D eigenvalue weighted by molar-refractivity contribution is 6.13. The summed E-state index contributed by atoms with van der Waals surface area (Å²) in [6.07, 6.45) is 0. The van der Waals surface area contributed by atoms with Crippen LogP contribution in [0.3, 0.4) is 0 Å². The summed E-state index contributed by atoms with van der Waals surface area (Å²) in [7, 11) is 0. The summed E-state index contributed by atoms with van der Waals surface area (Å²) in [5.41, 5.74) is 10.6. The summed E-state index contributed by atoms with van der Waals surface area (Å²) in [4.78, 5) is 2.41. The minimum absolute atomic E-state index is 1.10. The van der Waals surface area contributed by atoms with Gasteiger partial charge in [0.25, 0.3) is 0 Å². The number of nitrogens with zero attached hydrogens (tertiary/aromatic N) is 1. The molecule has 0 saturated carbocycles. The normalized spacial score (nSPS) is 11.3. The molecule has 0 bridgehead atoms. The molecule has 230 valence electrons. The molecular weight excluding hydrogens is 591 g/mol. The fraction of sp³-hybridized carbons (Fsp3) is 0. The lowest BCUT2D eigenvalue weighted by Crippen LogP contribution is -2.11. The Morgan fingerprint density at radius 3 is 1.69 bits per heavy atom. The number of benzene rings is 9. The average molecular weight is 624 g/mol. The molecule has 0 amide bonds. The Kier molecular flexibility index (Phi) is 7.22. The first-order chi connectivity index (χ1) is 24.3. The molecule has 0 unspecified atom stereocenters. The number of para-hydroxylation sites is 1. The maximum Gasteiger partial charge on any atom is 0.0540 e. The van der Waals surface area contributed by atoms with Gasteiger partial charge in [-0.1, -0.05) is 164 Å². The minimum atomic E-state index is 1.10. The molecule has 9 rings (SSSR count). The summed E-state index contributed by atoms with van der Waals surface area (Å²) >= 11 is 0. The van der Waals surface area contributed by atoms with E-state index in [-0.39, 0.29) is 0 Å². The quantitative estimate of drug-likeness (QED) is 0.167. The van der Waals surface area contributed by atoms with Gasteiger partial charge in [0.2, 0.25) is 0 Å². The molecule has 0 atom stereocenters. The van der Waals surface area contributed by atoms with Gasteiger partial charge in [0.1, 0.15) is 0 Å². The van der Waals surface area contributed by atoms with E-state index in [4.69, 9.17) is 0 Å². The number of rotatable bonds is 6. The largest absolute Gasteiger partial charge is 0.310 e. The van der Waals surface area contributed by atoms with Crippen LogP contribution in [0.4, 0.5) is 17.1 Å². The van der Waals surface area contributed by atoms with E-state index in [0.29, 0.717) is 0 Å². The molecule has 0 saturated heterocycles. The number of anilines is 3. The fourth-order valence-corrected chi connectivity index (χ4v) is 7.32. The Bertz CT molecular complexity index is 2590. The summed E-state index contributed by atoms with van der Waals surface area (Å²) < 4.78 is 0. The van der Waals surface area contributed by atoms with Crippen LogP contribution in [0.1, 0.15) is 0 Å². The van der Waals surface area contributed by atoms with Gasteiger partial charge in [-0.3, -0.25) is 0 Å². The van der Waals surface area contributed by atoms with Crippen molar-refractivity contribution in [3.8, 4) is 33.4 Å². The molecule has 49 heavy (non-hydrogen) atoms. The van der Waals surface area contributed by atoms with Crippen molar-refractivity contribution in [1.82, 2.24) is 0 Å².